The van der Waals surface area contributed by atoms with Gasteiger partial charge in [0.25, 0.3) is 11.8 Å². The smallest absolute Gasteiger partial charge is 0.395 e. The molecule has 0 saturated heterocycles. The Kier molecular flexibility index (Phi) is 8.39. The molecule has 2 amide bonds. The first-order valence-corrected chi connectivity index (χ1v) is 11.4. The number of carbonyl (C=O) groups excluding carboxylic acids is 2. The van der Waals surface area contributed by atoms with Gasteiger partial charge in [-0.2, -0.15) is 26.3 Å². The standard InChI is InChI=1S/C27H23F7N2O3/c1-17-15-20(25(28,26(29,30)31)27(32,33)34)11-12-22(17)35(2)23(38)19-9-6-10-21(16-19)36(13-14-37)24(39)18-7-4-3-5-8-18/h3-12,15-16,37H,13-14H2,1-2H3. The maximum Gasteiger partial charge on any atom is 0.435 e. The van der Waals surface area contributed by atoms with Crippen LogP contribution in [0, 0.1) is 6.92 Å². The van der Waals surface area contributed by atoms with Crippen molar-refractivity contribution in [1.82, 2.24) is 0 Å². The van der Waals surface area contributed by atoms with Crippen molar-refractivity contribution in [3.05, 3.63) is 95.1 Å². The largest absolute Gasteiger partial charge is 0.435 e. The first-order chi connectivity index (χ1) is 18.1. The summed E-state index contributed by atoms with van der Waals surface area (Å²) in [6, 6.07) is 15.5. The SMILES string of the molecule is Cc1cc(C(F)(C(F)(F)F)C(F)(F)F)ccc1N(C)C(=O)c1cccc(N(CCO)C(=O)c2ccccc2)c1. The Morgan fingerprint density at radius 1 is 0.769 bits per heavy atom. The van der Waals surface area contributed by atoms with E-state index < -0.39 is 35.4 Å². The molecule has 0 aliphatic rings. The molecule has 0 saturated carbocycles. The number of aliphatic hydroxyl groups is 1. The van der Waals surface area contributed by atoms with E-state index in [1.807, 2.05) is 0 Å². The van der Waals surface area contributed by atoms with Gasteiger partial charge >= 0.3 is 18.0 Å². The number of nitrogens with zero attached hydrogens (tertiary/aromatic N) is 2. The van der Waals surface area contributed by atoms with E-state index in [4.69, 9.17) is 0 Å². The fraction of sp³-hybridized carbons (Fsp3) is 0.259. The summed E-state index contributed by atoms with van der Waals surface area (Å²) in [5.41, 5.74) is -6.90. The van der Waals surface area contributed by atoms with Gasteiger partial charge in [-0.15, -0.1) is 0 Å². The quantitative estimate of drug-likeness (QED) is 0.353. The molecule has 0 radical (unpaired) electrons. The van der Waals surface area contributed by atoms with Crippen molar-refractivity contribution in [2.24, 2.45) is 0 Å². The highest BCUT2D eigenvalue weighted by atomic mass is 19.4. The molecule has 0 aliphatic heterocycles. The van der Waals surface area contributed by atoms with E-state index in [0.29, 0.717) is 17.7 Å². The second-order valence-electron chi connectivity index (χ2n) is 8.62. The van der Waals surface area contributed by atoms with Crippen molar-refractivity contribution in [3.63, 3.8) is 0 Å². The van der Waals surface area contributed by atoms with Crippen molar-refractivity contribution in [3.8, 4) is 0 Å². The Balaban J connectivity index is 1.95. The molecule has 0 atom stereocenters. The van der Waals surface area contributed by atoms with Gasteiger partial charge in [-0.25, -0.2) is 4.39 Å². The van der Waals surface area contributed by atoms with Gasteiger partial charge in [0.1, 0.15) is 0 Å². The second kappa shape index (κ2) is 11.0. The molecule has 0 aliphatic carbocycles. The highest BCUT2D eigenvalue weighted by molar-refractivity contribution is 6.09. The monoisotopic (exact) mass is 556 g/mol. The highest BCUT2D eigenvalue weighted by Gasteiger charge is 2.73. The third kappa shape index (κ3) is 5.75. The average molecular weight is 556 g/mol. The molecule has 12 heteroatoms. The lowest BCUT2D eigenvalue weighted by Gasteiger charge is -2.31. The summed E-state index contributed by atoms with van der Waals surface area (Å²) in [6.07, 6.45) is -12.5. The van der Waals surface area contributed by atoms with E-state index in [2.05, 4.69) is 0 Å². The van der Waals surface area contributed by atoms with Crippen LogP contribution in [-0.4, -0.2) is 49.5 Å². The van der Waals surface area contributed by atoms with E-state index >= 15 is 0 Å². The zero-order valence-corrected chi connectivity index (χ0v) is 20.6. The number of benzene rings is 3. The Labute approximate surface area is 219 Å². The van der Waals surface area contributed by atoms with E-state index in [-0.39, 0.29) is 35.7 Å². The third-order valence-electron chi connectivity index (χ3n) is 6.04. The number of rotatable bonds is 7. The molecule has 0 bridgehead atoms. The van der Waals surface area contributed by atoms with Crippen LogP contribution in [0.2, 0.25) is 0 Å². The molecule has 0 heterocycles. The van der Waals surface area contributed by atoms with Crippen molar-refractivity contribution in [2.45, 2.75) is 24.9 Å². The molecular formula is C27H23F7N2O3. The van der Waals surface area contributed by atoms with Gasteiger partial charge < -0.3 is 14.9 Å². The Bertz CT molecular complexity index is 1330. The third-order valence-corrected chi connectivity index (χ3v) is 6.04. The highest BCUT2D eigenvalue weighted by Crippen LogP contribution is 2.53. The van der Waals surface area contributed by atoms with Crippen LogP contribution in [-0.2, 0) is 5.67 Å². The van der Waals surface area contributed by atoms with Crippen molar-refractivity contribution in [2.75, 3.05) is 30.0 Å². The molecule has 0 unspecified atom stereocenters. The van der Waals surface area contributed by atoms with Gasteiger partial charge in [0.15, 0.2) is 0 Å². The molecule has 0 aromatic heterocycles. The van der Waals surface area contributed by atoms with E-state index in [1.165, 1.54) is 36.2 Å². The molecule has 3 aromatic rings. The molecule has 0 spiro atoms. The maximum absolute atomic E-state index is 14.5. The summed E-state index contributed by atoms with van der Waals surface area (Å²) >= 11 is 0. The maximum atomic E-state index is 14.5. The van der Waals surface area contributed by atoms with Gasteiger partial charge in [-0.3, -0.25) is 9.59 Å². The molecule has 3 rings (SSSR count). The van der Waals surface area contributed by atoms with Crippen LogP contribution in [0.25, 0.3) is 0 Å². The van der Waals surface area contributed by atoms with Crippen LogP contribution < -0.4 is 9.80 Å². The molecule has 208 valence electrons. The number of hydrogen-bond acceptors (Lipinski definition) is 3. The fourth-order valence-electron chi connectivity index (χ4n) is 4.03. The Morgan fingerprint density at radius 3 is 1.90 bits per heavy atom. The summed E-state index contributed by atoms with van der Waals surface area (Å²) < 4.78 is 93.3. The minimum absolute atomic E-state index is 0.0349. The van der Waals surface area contributed by atoms with Gasteiger partial charge in [0, 0.05) is 41.7 Å². The van der Waals surface area contributed by atoms with Gasteiger partial charge in [-0.05, 0) is 48.9 Å². The van der Waals surface area contributed by atoms with Crippen molar-refractivity contribution in [1.29, 1.82) is 0 Å². The van der Waals surface area contributed by atoms with E-state index in [1.54, 1.807) is 30.3 Å². The molecule has 3 aromatic carbocycles. The summed E-state index contributed by atoms with van der Waals surface area (Å²) in [5.74, 6) is -1.15. The van der Waals surface area contributed by atoms with E-state index in [9.17, 15) is 45.4 Å². The Morgan fingerprint density at radius 2 is 1.36 bits per heavy atom. The number of halogens is 7. The van der Waals surface area contributed by atoms with Crippen LogP contribution in [0.3, 0.4) is 0 Å². The molecular weight excluding hydrogens is 533 g/mol. The lowest BCUT2D eigenvalue weighted by Crippen LogP contribution is -2.50. The van der Waals surface area contributed by atoms with Crippen molar-refractivity contribution >= 4 is 23.2 Å². The summed E-state index contributed by atoms with van der Waals surface area (Å²) in [6.45, 7) is 0.674. The van der Waals surface area contributed by atoms with Gasteiger partial charge in [-0.1, -0.05) is 36.4 Å². The summed E-state index contributed by atoms with van der Waals surface area (Å²) in [7, 11) is 1.24. The lowest BCUT2D eigenvalue weighted by molar-refractivity contribution is -0.348. The minimum atomic E-state index is -6.26. The van der Waals surface area contributed by atoms with Gasteiger partial charge in [0.05, 0.1) is 6.61 Å². The van der Waals surface area contributed by atoms with Crippen LogP contribution in [0.5, 0.6) is 0 Å². The average Bonchev–Trinajstić information content (AvgIpc) is 2.89. The van der Waals surface area contributed by atoms with Crippen LogP contribution in [0.4, 0.5) is 42.1 Å². The van der Waals surface area contributed by atoms with Crippen LogP contribution >= 0.6 is 0 Å². The summed E-state index contributed by atoms with van der Waals surface area (Å²) in [5, 5.41) is 9.48. The first kappa shape index (κ1) is 29.6. The lowest BCUT2D eigenvalue weighted by atomic mass is 9.92. The molecule has 0 fully saturated rings. The number of aliphatic hydroxyl groups excluding tert-OH is 1. The predicted molar refractivity (Wildman–Crippen MR) is 130 cm³/mol. The number of carbonyl (C=O) groups is 2. The zero-order chi connectivity index (χ0) is 29.2. The fourth-order valence-corrected chi connectivity index (χ4v) is 4.03. The minimum Gasteiger partial charge on any atom is -0.395 e. The predicted octanol–water partition coefficient (Wildman–Crippen LogP) is 6.20. The normalized spacial score (nSPS) is 12.3. The Hall–Kier alpha value is -3.93. The molecule has 39 heavy (non-hydrogen) atoms. The van der Waals surface area contributed by atoms with Crippen LogP contribution in [0.1, 0.15) is 31.8 Å². The summed E-state index contributed by atoms with van der Waals surface area (Å²) in [4.78, 5) is 28.4. The topological polar surface area (TPSA) is 60.9 Å². The number of aryl methyl sites for hydroxylation is 1. The number of alkyl halides is 7. The van der Waals surface area contributed by atoms with Gasteiger partial charge in [0.2, 0.25) is 0 Å². The second-order valence-corrected chi connectivity index (χ2v) is 8.62. The zero-order valence-electron chi connectivity index (χ0n) is 20.6. The molecule has 5 nitrogen and oxygen atoms in total. The van der Waals surface area contributed by atoms with Crippen molar-refractivity contribution < 1.29 is 45.4 Å². The number of amides is 2. The number of hydrogen-bond donors (Lipinski definition) is 1. The van der Waals surface area contributed by atoms with Crippen LogP contribution in [0.15, 0.2) is 72.8 Å². The number of anilines is 2. The molecule has 1 N–H and O–H groups in total. The first-order valence-electron chi connectivity index (χ1n) is 11.4. The van der Waals surface area contributed by atoms with E-state index in [0.717, 1.165) is 17.9 Å².